The van der Waals surface area contributed by atoms with Gasteiger partial charge in [0.2, 0.25) is 5.95 Å². The number of anilines is 2. The van der Waals surface area contributed by atoms with Crippen LogP contribution in [-0.2, 0) is 6.42 Å². The minimum absolute atomic E-state index is 0.420. The van der Waals surface area contributed by atoms with Gasteiger partial charge in [-0.25, -0.2) is 10.8 Å². The van der Waals surface area contributed by atoms with E-state index in [1.807, 2.05) is 6.92 Å². The molecule has 0 radical (unpaired) electrons. The number of hydrazine groups is 1. The second-order valence-electron chi connectivity index (χ2n) is 4.54. The third-order valence-electron chi connectivity index (χ3n) is 2.89. The summed E-state index contributed by atoms with van der Waals surface area (Å²) in [4.78, 5) is 8.33. The van der Waals surface area contributed by atoms with E-state index in [2.05, 4.69) is 51.9 Å². The van der Waals surface area contributed by atoms with Crippen LogP contribution in [-0.4, -0.2) is 16.5 Å². The first-order valence-corrected chi connectivity index (χ1v) is 6.28. The fourth-order valence-electron chi connectivity index (χ4n) is 1.88. The molecule has 0 atom stereocenters. The minimum atomic E-state index is 0.420. The lowest BCUT2D eigenvalue weighted by molar-refractivity contribution is 0.987. The Labute approximate surface area is 113 Å². The Morgan fingerprint density at radius 1 is 1.26 bits per heavy atom. The van der Waals surface area contributed by atoms with Crippen molar-refractivity contribution in [1.29, 1.82) is 0 Å². The smallest absolute Gasteiger partial charge is 0.239 e. The third kappa shape index (κ3) is 3.66. The van der Waals surface area contributed by atoms with Crippen LogP contribution in [0.15, 0.2) is 30.5 Å². The molecule has 19 heavy (non-hydrogen) atoms. The fraction of sp³-hybridized carbons (Fsp3) is 0.286. The van der Waals surface area contributed by atoms with Crippen molar-refractivity contribution in [3.8, 4) is 0 Å². The van der Waals surface area contributed by atoms with E-state index < -0.39 is 0 Å². The van der Waals surface area contributed by atoms with E-state index in [1.54, 1.807) is 6.20 Å². The van der Waals surface area contributed by atoms with Gasteiger partial charge < -0.3 is 5.32 Å². The standard InChI is InChI=1S/C14H19N5/c1-10-4-3-5-12(8-10)6-7-16-13-11(2)9-17-14(18-13)19-15/h3-5,8-9H,6-7,15H2,1-2H3,(H2,16,17,18,19). The van der Waals surface area contributed by atoms with Crippen molar-refractivity contribution < 1.29 is 0 Å². The first kappa shape index (κ1) is 13.3. The summed E-state index contributed by atoms with van der Waals surface area (Å²) in [5.74, 6) is 6.54. The first-order valence-electron chi connectivity index (χ1n) is 6.28. The molecule has 0 unspecified atom stereocenters. The van der Waals surface area contributed by atoms with Crippen LogP contribution in [0.25, 0.3) is 0 Å². The van der Waals surface area contributed by atoms with Gasteiger partial charge in [0, 0.05) is 18.3 Å². The molecule has 0 aliphatic carbocycles. The summed E-state index contributed by atoms with van der Waals surface area (Å²) in [5, 5.41) is 3.31. The second-order valence-corrected chi connectivity index (χ2v) is 4.54. The second kappa shape index (κ2) is 6.15. The summed E-state index contributed by atoms with van der Waals surface area (Å²) in [7, 11) is 0. The Balaban J connectivity index is 1.95. The Hall–Kier alpha value is -2.14. The van der Waals surface area contributed by atoms with E-state index in [0.29, 0.717) is 5.95 Å². The van der Waals surface area contributed by atoms with Crippen molar-refractivity contribution >= 4 is 11.8 Å². The maximum Gasteiger partial charge on any atom is 0.239 e. The molecule has 5 nitrogen and oxygen atoms in total. The Kier molecular flexibility index (Phi) is 4.30. The van der Waals surface area contributed by atoms with Gasteiger partial charge in [0.1, 0.15) is 5.82 Å². The van der Waals surface area contributed by atoms with Gasteiger partial charge in [-0.1, -0.05) is 29.8 Å². The first-order chi connectivity index (χ1) is 9.19. The minimum Gasteiger partial charge on any atom is -0.369 e. The van der Waals surface area contributed by atoms with Crippen molar-refractivity contribution in [2.24, 2.45) is 5.84 Å². The van der Waals surface area contributed by atoms with Crippen LogP contribution in [0.4, 0.5) is 11.8 Å². The highest BCUT2D eigenvalue weighted by Crippen LogP contribution is 2.12. The predicted molar refractivity (Wildman–Crippen MR) is 78.0 cm³/mol. The fourth-order valence-corrected chi connectivity index (χ4v) is 1.88. The van der Waals surface area contributed by atoms with Gasteiger partial charge in [-0.15, -0.1) is 0 Å². The van der Waals surface area contributed by atoms with Gasteiger partial charge in [0.25, 0.3) is 0 Å². The Morgan fingerprint density at radius 2 is 2.11 bits per heavy atom. The topological polar surface area (TPSA) is 75.9 Å². The lowest BCUT2D eigenvalue weighted by Gasteiger charge is -2.09. The van der Waals surface area contributed by atoms with Gasteiger partial charge in [-0.05, 0) is 25.8 Å². The number of aryl methyl sites for hydroxylation is 2. The van der Waals surface area contributed by atoms with Gasteiger partial charge in [-0.3, -0.25) is 5.43 Å². The van der Waals surface area contributed by atoms with E-state index in [1.165, 1.54) is 11.1 Å². The molecule has 0 fully saturated rings. The summed E-state index contributed by atoms with van der Waals surface area (Å²) in [6.07, 6.45) is 2.70. The van der Waals surface area contributed by atoms with Gasteiger partial charge in [-0.2, -0.15) is 4.98 Å². The average molecular weight is 257 g/mol. The molecule has 0 saturated heterocycles. The van der Waals surface area contributed by atoms with Gasteiger partial charge >= 0.3 is 0 Å². The normalized spacial score (nSPS) is 10.3. The molecule has 0 aliphatic heterocycles. The maximum atomic E-state index is 5.30. The van der Waals surface area contributed by atoms with E-state index in [4.69, 9.17) is 5.84 Å². The van der Waals surface area contributed by atoms with E-state index in [-0.39, 0.29) is 0 Å². The SMILES string of the molecule is Cc1cccc(CCNc2nc(NN)ncc2C)c1. The summed E-state index contributed by atoms with van der Waals surface area (Å²) in [6.45, 7) is 4.89. The number of rotatable bonds is 5. The molecule has 100 valence electrons. The highest BCUT2D eigenvalue weighted by atomic mass is 15.3. The molecule has 0 aliphatic rings. The number of nitrogen functional groups attached to an aromatic ring is 1. The van der Waals surface area contributed by atoms with Crippen molar-refractivity contribution in [3.63, 3.8) is 0 Å². The van der Waals surface area contributed by atoms with Crippen LogP contribution in [0.5, 0.6) is 0 Å². The molecule has 0 bridgehead atoms. The zero-order valence-corrected chi connectivity index (χ0v) is 11.3. The summed E-state index contributed by atoms with van der Waals surface area (Å²) >= 11 is 0. The summed E-state index contributed by atoms with van der Waals surface area (Å²) < 4.78 is 0. The summed E-state index contributed by atoms with van der Waals surface area (Å²) in [6, 6.07) is 8.51. The number of hydrogen-bond donors (Lipinski definition) is 3. The zero-order chi connectivity index (χ0) is 13.7. The molecule has 1 aromatic carbocycles. The zero-order valence-electron chi connectivity index (χ0n) is 11.3. The lowest BCUT2D eigenvalue weighted by atomic mass is 10.1. The van der Waals surface area contributed by atoms with Crippen LogP contribution in [0.1, 0.15) is 16.7 Å². The number of benzene rings is 1. The highest BCUT2D eigenvalue weighted by Gasteiger charge is 2.02. The molecule has 1 heterocycles. The van der Waals surface area contributed by atoms with Crippen LogP contribution >= 0.6 is 0 Å². The average Bonchev–Trinajstić information content (AvgIpc) is 2.41. The Morgan fingerprint density at radius 3 is 2.84 bits per heavy atom. The largest absolute Gasteiger partial charge is 0.369 e. The lowest BCUT2D eigenvalue weighted by Crippen LogP contribution is -2.13. The predicted octanol–water partition coefficient (Wildman–Crippen LogP) is 2.03. The summed E-state index contributed by atoms with van der Waals surface area (Å²) in [5.41, 5.74) is 6.05. The quantitative estimate of drug-likeness (QED) is 0.564. The number of nitrogens with two attached hydrogens (primary N) is 1. The molecule has 4 N–H and O–H groups in total. The van der Waals surface area contributed by atoms with Crippen LogP contribution in [0, 0.1) is 13.8 Å². The van der Waals surface area contributed by atoms with Crippen LogP contribution in [0.3, 0.4) is 0 Å². The van der Waals surface area contributed by atoms with E-state index in [0.717, 1.165) is 24.3 Å². The molecule has 2 rings (SSSR count). The molecule has 1 aromatic heterocycles. The third-order valence-corrected chi connectivity index (χ3v) is 2.89. The molecule has 2 aromatic rings. The van der Waals surface area contributed by atoms with Crippen molar-refractivity contribution in [2.75, 3.05) is 17.3 Å². The number of hydrogen-bond acceptors (Lipinski definition) is 5. The van der Waals surface area contributed by atoms with Crippen LogP contribution < -0.4 is 16.6 Å². The highest BCUT2D eigenvalue weighted by molar-refractivity contribution is 5.46. The number of aromatic nitrogens is 2. The molecular formula is C14H19N5. The maximum absolute atomic E-state index is 5.30. The van der Waals surface area contributed by atoms with E-state index in [9.17, 15) is 0 Å². The Bertz CT molecular complexity index is 553. The molecule has 0 amide bonds. The van der Waals surface area contributed by atoms with Gasteiger partial charge in [0.05, 0.1) is 0 Å². The molecular weight excluding hydrogens is 238 g/mol. The van der Waals surface area contributed by atoms with Crippen molar-refractivity contribution in [1.82, 2.24) is 9.97 Å². The molecule has 5 heteroatoms. The van der Waals surface area contributed by atoms with Gasteiger partial charge in [0.15, 0.2) is 0 Å². The van der Waals surface area contributed by atoms with Crippen molar-refractivity contribution in [2.45, 2.75) is 20.3 Å². The van der Waals surface area contributed by atoms with Crippen LogP contribution in [0.2, 0.25) is 0 Å². The number of nitrogens with one attached hydrogen (secondary N) is 2. The molecule has 0 spiro atoms. The molecule has 0 saturated carbocycles. The monoisotopic (exact) mass is 257 g/mol. The van der Waals surface area contributed by atoms with Crippen molar-refractivity contribution in [3.05, 3.63) is 47.2 Å². The number of nitrogens with zero attached hydrogens (tertiary/aromatic N) is 2. The van der Waals surface area contributed by atoms with E-state index >= 15 is 0 Å².